The molecule has 0 heterocycles. The number of halogens is 2. The first-order valence-corrected chi connectivity index (χ1v) is 11.7. The Morgan fingerprint density at radius 1 is 1.13 bits per heavy atom. The van der Waals surface area contributed by atoms with Crippen molar-refractivity contribution >= 4 is 49.6 Å². The van der Waals surface area contributed by atoms with Gasteiger partial charge in [0.1, 0.15) is 0 Å². The number of unbranched alkanes of at least 4 members (excludes halogenated alkanes) is 5. The largest absolute Gasteiger partial charge is 0.171 e. The zero-order valence-electron chi connectivity index (χ0n) is 9.55. The molecule has 5 heteroatoms. The first-order chi connectivity index (χ1) is 6.95. The van der Waals surface area contributed by atoms with Crippen LogP contribution < -0.4 is 0 Å². The Balaban J connectivity index is 3.32. The molecule has 0 bridgehead atoms. The lowest BCUT2D eigenvalue weighted by molar-refractivity contribution is 0.589. The number of rotatable bonds is 9. The molecule has 0 radical (unpaired) electrons. The van der Waals surface area contributed by atoms with Gasteiger partial charge in [0, 0.05) is 5.25 Å². The van der Waals surface area contributed by atoms with E-state index in [1.54, 1.807) is 11.4 Å². The lowest BCUT2D eigenvalue weighted by atomic mass is 10.1. The summed E-state index contributed by atoms with van der Waals surface area (Å²) in [5.41, 5.74) is 0. The lowest BCUT2D eigenvalue weighted by Crippen LogP contribution is -1.93. The van der Waals surface area contributed by atoms with Gasteiger partial charge >= 0.3 is 0 Å². The van der Waals surface area contributed by atoms with E-state index in [-0.39, 0.29) is 0 Å². The van der Waals surface area contributed by atoms with Crippen LogP contribution in [0.5, 0.6) is 0 Å². The summed E-state index contributed by atoms with van der Waals surface area (Å²) in [5, 5.41) is 0.511. The maximum atomic E-state index is 5.86. The summed E-state index contributed by atoms with van der Waals surface area (Å²) >= 11 is 18.3. The molecule has 0 nitrogen and oxygen atoms in total. The van der Waals surface area contributed by atoms with Crippen LogP contribution in [0, 0.1) is 0 Å². The molecule has 0 aliphatic rings. The van der Waals surface area contributed by atoms with Gasteiger partial charge in [-0.05, 0) is 6.42 Å². The monoisotopic (exact) mass is 306 g/mol. The van der Waals surface area contributed by atoms with Crippen molar-refractivity contribution in [1.29, 1.82) is 0 Å². The van der Waals surface area contributed by atoms with Crippen molar-refractivity contribution in [3.8, 4) is 0 Å². The Kier molecular flexibility index (Phi) is 10.6. The molecule has 0 aromatic carbocycles. The predicted molar refractivity (Wildman–Crippen MR) is 81.0 cm³/mol. The quantitative estimate of drug-likeness (QED) is 0.349. The molecule has 0 rings (SSSR count). The van der Waals surface area contributed by atoms with Crippen LogP contribution in [0.15, 0.2) is 0 Å². The van der Waals surface area contributed by atoms with E-state index >= 15 is 0 Å². The Morgan fingerprint density at radius 3 is 2.20 bits per heavy atom. The second kappa shape index (κ2) is 9.59. The molecule has 0 amide bonds. The third-order valence-electron chi connectivity index (χ3n) is 2.27. The summed E-state index contributed by atoms with van der Waals surface area (Å²) in [6.07, 6.45) is 9.22. The van der Waals surface area contributed by atoms with Crippen molar-refractivity contribution in [3.05, 3.63) is 0 Å². The molecule has 0 fully saturated rings. The highest BCUT2D eigenvalue weighted by Crippen LogP contribution is 2.69. The molecule has 0 aromatic rings. The third-order valence-corrected chi connectivity index (χ3v) is 7.13. The van der Waals surface area contributed by atoms with Crippen molar-refractivity contribution in [2.24, 2.45) is 0 Å². The molecular weight excluding hydrogens is 286 g/mol. The van der Waals surface area contributed by atoms with E-state index in [0.29, 0.717) is 5.25 Å². The van der Waals surface area contributed by atoms with E-state index in [0.717, 1.165) is 0 Å². The van der Waals surface area contributed by atoms with Gasteiger partial charge in [-0.15, -0.1) is 0 Å². The minimum absolute atomic E-state index is 0.511. The average Bonchev–Trinajstić information content (AvgIpc) is 2.08. The summed E-state index contributed by atoms with van der Waals surface area (Å²) in [4.78, 5) is 0. The van der Waals surface area contributed by atoms with Gasteiger partial charge < -0.3 is 0 Å². The molecule has 15 heavy (non-hydrogen) atoms. The van der Waals surface area contributed by atoms with Crippen LogP contribution in [0.1, 0.15) is 58.8 Å². The maximum absolute atomic E-state index is 5.86. The highest BCUT2D eigenvalue weighted by molar-refractivity contribution is 8.85. The van der Waals surface area contributed by atoms with Crippen LogP contribution in [0.4, 0.5) is 0 Å². The highest BCUT2D eigenvalue weighted by atomic mass is 35.9. The summed E-state index contributed by atoms with van der Waals surface area (Å²) in [5.74, 6) is 0. The predicted octanol–water partition coefficient (Wildman–Crippen LogP) is 6.56. The van der Waals surface area contributed by atoms with E-state index in [2.05, 4.69) is 13.8 Å². The van der Waals surface area contributed by atoms with Gasteiger partial charge in [0.25, 0.3) is 0 Å². The molecule has 0 aromatic heterocycles. The number of hydrogen-bond acceptors (Lipinski definition) is 2. The van der Waals surface area contributed by atoms with Crippen LogP contribution in [0.3, 0.4) is 0 Å². The molecule has 0 spiro atoms. The first kappa shape index (κ1) is 16.6. The smallest absolute Gasteiger partial charge is 0.0916 e. The topological polar surface area (TPSA) is 0 Å². The molecule has 1 atom stereocenters. The molecule has 0 aliphatic heterocycles. The summed E-state index contributed by atoms with van der Waals surface area (Å²) < 4.78 is -2.09. The Bertz CT molecular complexity index is 194. The average molecular weight is 307 g/mol. The first-order valence-electron chi connectivity index (χ1n) is 5.63. The molecule has 0 aliphatic carbocycles. The van der Waals surface area contributed by atoms with Gasteiger partial charge in [-0.1, -0.05) is 98.0 Å². The second-order valence-corrected chi connectivity index (χ2v) is 16.3. The van der Waals surface area contributed by atoms with E-state index in [1.807, 2.05) is 0 Å². The lowest BCUT2D eigenvalue weighted by Gasteiger charge is -2.12. The van der Waals surface area contributed by atoms with E-state index < -0.39 is 3.95 Å². The van der Waals surface area contributed by atoms with Gasteiger partial charge in [0.2, 0.25) is 0 Å². The molecule has 0 saturated heterocycles. The maximum Gasteiger partial charge on any atom is 0.171 e. The van der Waals surface area contributed by atoms with Crippen molar-refractivity contribution in [2.45, 2.75) is 64.0 Å². The zero-order chi connectivity index (χ0) is 11.7. The molecule has 1 unspecified atom stereocenters. The van der Waals surface area contributed by atoms with Crippen LogP contribution in [0.25, 0.3) is 0 Å². The Morgan fingerprint density at radius 2 is 1.67 bits per heavy atom. The normalized spacial score (nSPS) is 14.1. The summed E-state index contributed by atoms with van der Waals surface area (Å²) in [6, 6.07) is 0. The van der Waals surface area contributed by atoms with Crippen molar-refractivity contribution in [3.63, 3.8) is 0 Å². The molecular formula is C10H21Cl2PS2. The van der Waals surface area contributed by atoms with E-state index in [1.165, 1.54) is 44.9 Å². The van der Waals surface area contributed by atoms with Gasteiger partial charge in [-0.3, -0.25) is 0 Å². The third kappa shape index (κ3) is 13.5. The van der Waals surface area contributed by atoms with Crippen molar-refractivity contribution in [1.82, 2.24) is 0 Å². The van der Waals surface area contributed by atoms with Crippen LogP contribution in [0.2, 0.25) is 0 Å². The van der Waals surface area contributed by atoms with Crippen LogP contribution in [-0.2, 0) is 11.8 Å². The Hall–Kier alpha value is 1.58. The number of hydrogen-bond donors (Lipinski definition) is 0. The van der Waals surface area contributed by atoms with E-state index in [9.17, 15) is 0 Å². The standard InChI is InChI=1S/C10H21Cl2PS2/c1-3-4-5-6-7-8-9-10(2)15-13(11,12)14/h10H,3-9H2,1-2H3. The van der Waals surface area contributed by atoms with Gasteiger partial charge in [-0.25, -0.2) is 0 Å². The van der Waals surface area contributed by atoms with Crippen molar-refractivity contribution in [2.75, 3.05) is 0 Å². The second-order valence-electron chi connectivity index (χ2n) is 3.89. The fourth-order valence-corrected chi connectivity index (χ4v) is 7.51. The molecule has 0 saturated carbocycles. The van der Waals surface area contributed by atoms with Gasteiger partial charge in [-0.2, -0.15) is 0 Å². The van der Waals surface area contributed by atoms with Crippen molar-refractivity contribution < 1.29 is 0 Å². The highest BCUT2D eigenvalue weighted by Gasteiger charge is 2.14. The van der Waals surface area contributed by atoms with Gasteiger partial charge in [0.05, 0.1) is 0 Å². The Labute approximate surface area is 113 Å². The molecule has 0 N–H and O–H groups in total. The fraction of sp³-hybridized carbons (Fsp3) is 1.00. The summed E-state index contributed by atoms with van der Waals surface area (Å²) in [6.45, 7) is 4.41. The van der Waals surface area contributed by atoms with Crippen LogP contribution in [-0.4, -0.2) is 5.25 Å². The van der Waals surface area contributed by atoms with E-state index in [4.69, 9.17) is 34.3 Å². The minimum atomic E-state index is -2.09. The van der Waals surface area contributed by atoms with Crippen LogP contribution >= 0.6 is 37.8 Å². The molecule has 92 valence electrons. The fourth-order valence-electron chi connectivity index (χ4n) is 1.47. The summed E-state index contributed by atoms with van der Waals surface area (Å²) in [7, 11) is 0. The zero-order valence-corrected chi connectivity index (χ0v) is 13.6. The van der Waals surface area contributed by atoms with Gasteiger partial charge in [0.15, 0.2) is 3.95 Å². The SMILES string of the molecule is CCCCCCCCC(C)SP(=S)(Cl)Cl. The minimum Gasteiger partial charge on any atom is -0.0916 e.